The minimum absolute atomic E-state index is 0.0172. The molecule has 1 N–H and O–H groups in total. The Hall–Kier alpha value is -2.43. The molecule has 0 aliphatic heterocycles. The highest BCUT2D eigenvalue weighted by Gasteiger charge is 2.18. The summed E-state index contributed by atoms with van der Waals surface area (Å²) in [5.74, 6) is -1.13. The predicted molar refractivity (Wildman–Crippen MR) is 84.5 cm³/mol. The highest BCUT2D eigenvalue weighted by Crippen LogP contribution is 2.22. The van der Waals surface area contributed by atoms with E-state index in [-0.39, 0.29) is 12.0 Å². The van der Waals surface area contributed by atoms with Crippen LogP contribution in [0.4, 0.5) is 0 Å². The topological polar surface area (TPSA) is 64.0 Å². The van der Waals surface area contributed by atoms with Crippen molar-refractivity contribution in [3.8, 4) is 0 Å². The first-order valence-electron chi connectivity index (χ1n) is 7.19. The third kappa shape index (κ3) is 3.61. The minimum atomic E-state index is -0.607. The second-order valence-electron chi connectivity index (χ2n) is 6.29. The van der Waals surface area contributed by atoms with E-state index < -0.39 is 11.7 Å². The fourth-order valence-electron chi connectivity index (χ4n) is 2.08. The van der Waals surface area contributed by atoms with Gasteiger partial charge in [0, 0.05) is 18.8 Å². The number of rotatable bonds is 4. The van der Waals surface area contributed by atoms with Crippen LogP contribution in [0.2, 0.25) is 0 Å². The number of Topliss-reactive ketones (excluding diaryl/α,β-unsaturated/α-hetero) is 1. The number of hydrogen-bond acceptors (Lipinski definition) is 3. The summed E-state index contributed by atoms with van der Waals surface area (Å²) in [7, 11) is 1.79. The van der Waals surface area contributed by atoms with Crippen LogP contribution in [0.25, 0.3) is 0 Å². The van der Waals surface area contributed by atoms with Crippen molar-refractivity contribution < 1.29 is 9.59 Å². The fraction of sp³-hybridized carbons (Fsp3) is 0.353. The molecule has 0 saturated carbocycles. The highest BCUT2D eigenvalue weighted by molar-refractivity contribution is 6.42. The molecular weight excluding hydrogens is 278 g/mol. The van der Waals surface area contributed by atoms with Crippen LogP contribution in [0.1, 0.15) is 42.4 Å². The van der Waals surface area contributed by atoms with Crippen molar-refractivity contribution in [3.05, 3.63) is 53.3 Å². The first-order valence-corrected chi connectivity index (χ1v) is 7.19. The monoisotopic (exact) mass is 299 g/mol. The largest absolute Gasteiger partial charge is 0.344 e. The summed E-state index contributed by atoms with van der Waals surface area (Å²) in [4.78, 5) is 24.1. The Morgan fingerprint density at radius 2 is 1.77 bits per heavy atom. The molecule has 1 heterocycles. The van der Waals surface area contributed by atoms with Gasteiger partial charge in [0.2, 0.25) is 5.78 Å². The number of carbonyl (C=O) groups excluding carboxylic acids is 2. The number of hydrogen-bond donors (Lipinski definition) is 1. The first-order chi connectivity index (χ1) is 10.3. The van der Waals surface area contributed by atoms with Gasteiger partial charge in [-0.25, -0.2) is 0 Å². The Balaban J connectivity index is 2.01. The summed E-state index contributed by atoms with van der Waals surface area (Å²) in [5.41, 5.74) is 2.38. The quantitative estimate of drug-likeness (QED) is 0.695. The van der Waals surface area contributed by atoms with Gasteiger partial charge >= 0.3 is 0 Å². The van der Waals surface area contributed by atoms with Gasteiger partial charge in [-0.2, -0.15) is 5.10 Å². The molecule has 5 nitrogen and oxygen atoms in total. The number of aryl methyl sites for hydroxylation is 1. The van der Waals surface area contributed by atoms with Gasteiger partial charge in [-0.3, -0.25) is 14.3 Å². The van der Waals surface area contributed by atoms with E-state index in [2.05, 4.69) is 31.2 Å². The number of amides is 1. The normalized spacial score (nSPS) is 11.3. The average Bonchev–Trinajstić information content (AvgIpc) is 2.88. The van der Waals surface area contributed by atoms with Gasteiger partial charge in [0.15, 0.2) is 0 Å². The molecule has 116 valence electrons. The summed E-state index contributed by atoms with van der Waals surface area (Å²) in [5, 5.41) is 6.63. The zero-order valence-corrected chi connectivity index (χ0v) is 13.4. The minimum Gasteiger partial charge on any atom is -0.344 e. The molecule has 0 aliphatic carbocycles. The number of aromatic nitrogens is 2. The lowest BCUT2D eigenvalue weighted by Gasteiger charge is -2.18. The maximum Gasteiger partial charge on any atom is 0.292 e. The van der Waals surface area contributed by atoms with Gasteiger partial charge < -0.3 is 5.32 Å². The van der Waals surface area contributed by atoms with Crippen LogP contribution in [0, 0.1) is 0 Å². The Morgan fingerprint density at radius 3 is 2.27 bits per heavy atom. The second kappa shape index (κ2) is 6.13. The SMILES string of the molecule is Cn1nccc1CNC(=O)C(=O)c1ccc(C(C)(C)C)cc1. The summed E-state index contributed by atoms with van der Waals surface area (Å²) >= 11 is 0. The number of benzene rings is 1. The molecule has 0 bridgehead atoms. The molecule has 22 heavy (non-hydrogen) atoms. The lowest BCUT2D eigenvalue weighted by molar-refractivity contribution is -0.117. The fourth-order valence-corrected chi connectivity index (χ4v) is 2.08. The number of nitrogens with zero attached hydrogens (tertiary/aromatic N) is 2. The van der Waals surface area contributed by atoms with E-state index in [0.717, 1.165) is 11.3 Å². The van der Waals surface area contributed by atoms with Gasteiger partial charge in [0.25, 0.3) is 5.91 Å². The smallest absolute Gasteiger partial charge is 0.292 e. The maximum atomic E-state index is 12.1. The lowest BCUT2D eigenvalue weighted by Crippen LogP contribution is -2.31. The average molecular weight is 299 g/mol. The van der Waals surface area contributed by atoms with Crippen LogP contribution in [-0.2, 0) is 23.8 Å². The van der Waals surface area contributed by atoms with E-state index in [0.29, 0.717) is 5.56 Å². The Morgan fingerprint density at radius 1 is 1.14 bits per heavy atom. The molecule has 0 unspecified atom stereocenters. The first kappa shape index (κ1) is 15.9. The maximum absolute atomic E-state index is 12.1. The molecular formula is C17H21N3O2. The van der Waals surface area contributed by atoms with Crippen molar-refractivity contribution in [3.63, 3.8) is 0 Å². The van der Waals surface area contributed by atoms with Crippen LogP contribution in [0.15, 0.2) is 36.5 Å². The molecule has 0 aliphatic rings. The molecule has 1 aromatic heterocycles. The van der Waals surface area contributed by atoms with Crippen molar-refractivity contribution in [1.82, 2.24) is 15.1 Å². The van der Waals surface area contributed by atoms with E-state index in [1.54, 1.807) is 36.1 Å². The third-order valence-electron chi connectivity index (χ3n) is 3.57. The van der Waals surface area contributed by atoms with Crippen molar-refractivity contribution in [1.29, 1.82) is 0 Å². The summed E-state index contributed by atoms with van der Waals surface area (Å²) in [6.07, 6.45) is 1.65. The number of ketones is 1. The highest BCUT2D eigenvalue weighted by atomic mass is 16.2. The predicted octanol–water partition coefficient (Wildman–Crippen LogP) is 2.22. The molecule has 0 radical (unpaired) electrons. The molecule has 2 rings (SSSR count). The van der Waals surface area contributed by atoms with E-state index in [1.807, 2.05) is 12.1 Å². The lowest BCUT2D eigenvalue weighted by atomic mass is 9.86. The molecule has 0 fully saturated rings. The summed E-state index contributed by atoms with van der Waals surface area (Å²) in [6.45, 7) is 6.58. The second-order valence-corrected chi connectivity index (χ2v) is 6.29. The third-order valence-corrected chi connectivity index (χ3v) is 3.57. The zero-order chi connectivity index (χ0) is 16.3. The van der Waals surface area contributed by atoms with E-state index in [1.165, 1.54) is 0 Å². The molecule has 0 spiro atoms. The zero-order valence-electron chi connectivity index (χ0n) is 13.4. The van der Waals surface area contributed by atoms with Crippen LogP contribution in [-0.4, -0.2) is 21.5 Å². The van der Waals surface area contributed by atoms with Crippen molar-refractivity contribution >= 4 is 11.7 Å². The molecule has 0 saturated heterocycles. The molecule has 0 atom stereocenters. The van der Waals surface area contributed by atoms with Crippen LogP contribution in [0.3, 0.4) is 0 Å². The Bertz CT molecular complexity index is 679. The molecule has 5 heteroatoms. The Kier molecular flexibility index (Phi) is 4.45. The van der Waals surface area contributed by atoms with Gasteiger partial charge in [0.05, 0.1) is 12.2 Å². The van der Waals surface area contributed by atoms with Crippen LogP contribution >= 0.6 is 0 Å². The van der Waals surface area contributed by atoms with Crippen molar-refractivity contribution in [2.75, 3.05) is 0 Å². The number of carbonyl (C=O) groups is 2. The van der Waals surface area contributed by atoms with Gasteiger partial charge in [-0.15, -0.1) is 0 Å². The van der Waals surface area contributed by atoms with Gasteiger partial charge in [-0.05, 0) is 17.0 Å². The van der Waals surface area contributed by atoms with Crippen molar-refractivity contribution in [2.24, 2.45) is 7.05 Å². The molecule has 1 aromatic carbocycles. The van der Waals surface area contributed by atoms with Crippen molar-refractivity contribution in [2.45, 2.75) is 32.7 Å². The van der Waals surface area contributed by atoms with Gasteiger partial charge in [-0.1, -0.05) is 45.0 Å². The van der Waals surface area contributed by atoms with Crippen LogP contribution < -0.4 is 5.32 Å². The molecule has 2 aromatic rings. The Labute approximate surface area is 130 Å². The summed E-state index contributed by atoms with van der Waals surface area (Å²) in [6, 6.07) is 8.98. The standard InChI is InChI=1S/C17H21N3O2/c1-17(2,3)13-7-5-12(6-8-13)15(21)16(22)18-11-14-9-10-19-20(14)4/h5-10H,11H2,1-4H3,(H,18,22). The van der Waals surface area contributed by atoms with E-state index in [4.69, 9.17) is 0 Å². The molecule has 1 amide bonds. The summed E-state index contributed by atoms with van der Waals surface area (Å²) < 4.78 is 1.66. The number of nitrogens with one attached hydrogen (secondary N) is 1. The van der Waals surface area contributed by atoms with E-state index in [9.17, 15) is 9.59 Å². The van der Waals surface area contributed by atoms with Gasteiger partial charge in [0.1, 0.15) is 0 Å². The van der Waals surface area contributed by atoms with E-state index >= 15 is 0 Å². The van der Waals surface area contributed by atoms with Crippen LogP contribution in [0.5, 0.6) is 0 Å².